The zero-order chi connectivity index (χ0) is 13.3. The van der Waals surface area contributed by atoms with Crippen molar-refractivity contribution < 1.29 is 0 Å². The number of hydrogen-bond donors (Lipinski definition) is 1. The number of rotatable bonds is 2. The van der Waals surface area contributed by atoms with Gasteiger partial charge in [-0.1, -0.05) is 38.4 Å². The Morgan fingerprint density at radius 2 is 2.00 bits per heavy atom. The van der Waals surface area contributed by atoms with Crippen LogP contribution in [0.1, 0.15) is 26.5 Å². The van der Waals surface area contributed by atoms with E-state index in [4.69, 9.17) is 17.3 Å². The molecule has 2 N–H and O–H groups in total. The lowest BCUT2D eigenvalue weighted by atomic mass is 9.91. The van der Waals surface area contributed by atoms with Gasteiger partial charge in [-0.25, -0.2) is 4.68 Å². The summed E-state index contributed by atoms with van der Waals surface area (Å²) >= 11 is 5.98. The fourth-order valence-electron chi connectivity index (χ4n) is 1.89. The van der Waals surface area contributed by atoms with Crippen LogP contribution in [-0.2, 0) is 6.42 Å². The zero-order valence-electron chi connectivity index (χ0n) is 10.9. The van der Waals surface area contributed by atoms with Crippen LogP contribution in [0.2, 0.25) is 5.02 Å². The topological polar surface area (TPSA) is 43.8 Å². The highest BCUT2D eigenvalue weighted by atomic mass is 35.5. The van der Waals surface area contributed by atoms with E-state index in [1.807, 2.05) is 30.3 Å². The molecule has 0 fully saturated rings. The zero-order valence-corrected chi connectivity index (χ0v) is 11.7. The third kappa shape index (κ3) is 3.05. The number of nitrogen functional groups attached to an aromatic ring is 1. The molecule has 3 nitrogen and oxygen atoms in total. The van der Waals surface area contributed by atoms with Gasteiger partial charge in [0.15, 0.2) is 0 Å². The van der Waals surface area contributed by atoms with Crippen molar-refractivity contribution in [2.45, 2.75) is 27.2 Å². The Labute approximate surface area is 113 Å². The van der Waals surface area contributed by atoms with Gasteiger partial charge in [-0.05, 0) is 30.0 Å². The van der Waals surface area contributed by atoms with Crippen molar-refractivity contribution in [1.29, 1.82) is 0 Å². The van der Waals surface area contributed by atoms with Gasteiger partial charge < -0.3 is 5.73 Å². The van der Waals surface area contributed by atoms with Gasteiger partial charge in [0, 0.05) is 11.1 Å². The summed E-state index contributed by atoms with van der Waals surface area (Å²) in [4.78, 5) is 0. The summed E-state index contributed by atoms with van der Waals surface area (Å²) in [6, 6.07) is 9.44. The van der Waals surface area contributed by atoms with Crippen LogP contribution in [-0.4, -0.2) is 9.78 Å². The number of nitrogens with zero attached hydrogens (tertiary/aromatic N) is 2. The molecule has 2 aromatic rings. The van der Waals surface area contributed by atoms with Crippen molar-refractivity contribution in [2.75, 3.05) is 5.73 Å². The van der Waals surface area contributed by atoms with Crippen LogP contribution in [0.5, 0.6) is 0 Å². The summed E-state index contributed by atoms with van der Waals surface area (Å²) in [5.41, 5.74) is 8.08. The molecule has 0 saturated heterocycles. The van der Waals surface area contributed by atoms with Gasteiger partial charge in [0.25, 0.3) is 0 Å². The van der Waals surface area contributed by atoms with Crippen LogP contribution in [0, 0.1) is 5.41 Å². The van der Waals surface area contributed by atoms with Crippen molar-refractivity contribution in [3.63, 3.8) is 0 Å². The molecule has 0 unspecified atom stereocenters. The van der Waals surface area contributed by atoms with Crippen LogP contribution in [0.15, 0.2) is 30.3 Å². The molecule has 1 aromatic heterocycles. The van der Waals surface area contributed by atoms with Gasteiger partial charge in [-0.3, -0.25) is 0 Å². The predicted molar refractivity (Wildman–Crippen MR) is 76.1 cm³/mol. The van der Waals surface area contributed by atoms with Gasteiger partial charge in [0.2, 0.25) is 0 Å². The maximum atomic E-state index is 6.00. The van der Waals surface area contributed by atoms with Gasteiger partial charge in [-0.15, -0.1) is 0 Å². The molecule has 0 aliphatic carbocycles. The molecule has 0 aliphatic rings. The van der Waals surface area contributed by atoms with E-state index in [0.29, 0.717) is 10.8 Å². The van der Waals surface area contributed by atoms with E-state index in [1.54, 1.807) is 4.68 Å². The Morgan fingerprint density at radius 1 is 1.28 bits per heavy atom. The summed E-state index contributed by atoms with van der Waals surface area (Å²) in [7, 11) is 0. The van der Waals surface area contributed by atoms with Crippen molar-refractivity contribution in [3.05, 3.63) is 41.0 Å². The van der Waals surface area contributed by atoms with Gasteiger partial charge >= 0.3 is 0 Å². The molecule has 0 atom stereocenters. The normalized spacial score (nSPS) is 11.8. The predicted octanol–water partition coefficient (Wildman–Crippen LogP) is 3.70. The Kier molecular flexibility index (Phi) is 3.35. The lowest BCUT2D eigenvalue weighted by Gasteiger charge is -2.15. The number of nitrogens with two attached hydrogens (primary N) is 1. The smallest absolute Gasteiger partial charge is 0.127 e. The first-order valence-electron chi connectivity index (χ1n) is 5.95. The minimum atomic E-state index is 0.194. The molecule has 1 heterocycles. The number of anilines is 1. The second-order valence-corrected chi connectivity index (χ2v) is 6.13. The molecule has 0 saturated carbocycles. The fourth-order valence-corrected chi connectivity index (χ4v) is 2.08. The maximum absolute atomic E-state index is 6.00. The van der Waals surface area contributed by atoms with E-state index in [-0.39, 0.29) is 5.41 Å². The van der Waals surface area contributed by atoms with E-state index >= 15 is 0 Å². The lowest BCUT2D eigenvalue weighted by molar-refractivity contribution is 0.405. The van der Waals surface area contributed by atoms with E-state index < -0.39 is 0 Å². The highest BCUT2D eigenvalue weighted by molar-refractivity contribution is 6.30. The maximum Gasteiger partial charge on any atom is 0.127 e. The van der Waals surface area contributed by atoms with E-state index in [9.17, 15) is 0 Å². The second-order valence-electron chi connectivity index (χ2n) is 5.69. The Morgan fingerprint density at radius 3 is 2.61 bits per heavy atom. The summed E-state index contributed by atoms with van der Waals surface area (Å²) in [5, 5.41) is 5.22. The highest BCUT2D eigenvalue weighted by Gasteiger charge is 2.15. The average molecular weight is 264 g/mol. The van der Waals surface area contributed by atoms with Gasteiger partial charge in [0.05, 0.1) is 11.4 Å². The van der Waals surface area contributed by atoms with Crippen LogP contribution >= 0.6 is 11.6 Å². The van der Waals surface area contributed by atoms with E-state index in [1.165, 1.54) is 0 Å². The average Bonchev–Trinajstić information content (AvgIpc) is 2.56. The van der Waals surface area contributed by atoms with Crippen molar-refractivity contribution in [2.24, 2.45) is 5.41 Å². The molecule has 0 spiro atoms. The third-order valence-electron chi connectivity index (χ3n) is 2.55. The highest BCUT2D eigenvalue weighted by Crippen LogP contribution is 2.23. The minimum absolute atomic E-state index is 0.194. The summed E-state index contributed by atoms with van der Waals surface area (Å²) in [6.45, 7) is 6.55. The molecular weight excluding hydrogens is 246 g/mol. The summed E-state index contributed by atoms with van der Waals surface area (Å²) in [5.74, 6) is 0.636. The largest absolute Gasteiger partial charge is 0.384 e. The van der Waals surface area contributed by atoms with Crippen LogP contribution in [0.4, 0.5) is 5.82 Å². The first-order valence-corrected chi connectivity index (χ1v) is 6.33. The molecule has 4 heteroatoms. The molecule has 18 heavy (non-hydrogen) atoms. The molecule has 0 aliphatic heterocycles. The third-order valence-corrected chi connectivity index (χ3v) is 2.79. The standard InChI is InChI=1S/C14H18ClN3/c1-14(2,3)9-11-8-13(16)18(17-11)12-6-4-5-10(15)7-12/h4-8H,9,16H2,1-3H3. The Bertz CT molecular complexity index is 552. The number of hydrogen-bond acceptors (Lipinski definition) is 2. The van der Waals surface area contributed by atoms with Crippen LogP contribution in [0.25, 0.3) is 5.69 Å². The Hall–Kier alpha value is -1.48. The fraction of sp³-hybridized carbons (Fsp3) is 0.357. The summed E-state index contributed by atoms with van der Waals surface area (Å²) < 4.78 is 1.73. The molecule has 96 valence electrons. The Balaban J connectivity index is 2.35. The lowest BCUT2D eigenvalue weighted by Crippen LogP contribution is -2.10. The second kappa shape index (κ2) is 4.65. The SMILES string of the molecule is CC(C)(C)Cc1cc(N)n(-c2cccc(Cl)c2)n1. The minimum Gasteiger partial charge on any atom is -0.384 e. The van der Waals surface area contributed by atoms with Gasteiger partial charge in [-0.2, -0.15) is 5.10 Å². The number of halogens is 1. The monoisotopic (exact) mass is 263 g/mol. The number of benzene rings is 1. The molecule has 0 radical (unpaired) electrons. The van der Waals surface area contributed by atoms with Crippen LogP contribution in [0.3, 0.4) is 0 Å². The number of aromatic nitrogens is 2. The van der Waals surface area contributed by atoms with E-state index in [2.05, 4.69) is 25.9 Å². The molecular formula is C14H18ClN3. The van der Waals surface area contributed by atoms with Crippen molar-refractivity contribution in [3.8, 4) is 5.69 Å². The molecule has 0 amide bonds. The van der Waals surface area contributed by atoms with Crippen molar-refractivity contribution >= 4 is 17.4 Å². The molecule has 0 bridgehead atoms. The van der Waals surface area contributed by atoms with Gasteiger partial charge in [0.1, 0.15) is 5.82 Å². The first-order chi connectivity index (χ1) is 8.35. The molecule has 2 rings (SSSR count). The molecule has 1 aromatic carbocycles. The quantitative estimate of drug-likeness (QED) is 0.898. The summed E-state index contributed by atoms with van der Waals surface area (Å²) in [6.07, 6.45) is 0.894. The van der Waals surface area contributed by atoms with Crippen molar-refractivity contribution in [1.82, 2.24) is 9.78 Å². The first kappa shape index (κ1) is 13.0. The van der Waals surface area contributed by atoms with Crippen LogP contribution < -0.4 is 5.73 Å². The van der Waals surface area contributed by atoms with E-state index in [0.717, 1.165) is 17.8 Å².